The Morgan fingerprint density at radius 2 is 2.21 bits per heavy atom. The Hall–Kier alpha value is -0.710. The Morgan fingerprint density at radius 3 is 2.84 bits per heavy atom. The maximum absolute atomic E-state index is 6.09. The number of anilines is 1. The monoisotopic (exact) mass is 359 g/mol. The molecule has 2 rings (SSSR count). The first-order chi connectivity index (χ1) is 9.11. The van der Waals surface area contributed by atoms with Crippen LogP contribution in [0.3, 0.4) is 0 Å². The summed E-state index contributed by atoms with van der Waals surface area (Å²) in [5, 5.41) is 6.18. The number of nitrogens with one attached hydrogen (secondary N) is 1. The molecule has 2 aromatic rings. The molecule has 0 spiro atoms. The van der Waals surface area contributed by atoms with E-state index >= 15 is 0 Å². The van der Waals surface area contributed by atoms with E-state index in [2.05, 4.69) is 39.6 Å². The summed E-state index contributed by atoms with van der Waals surface area (Å²) in [7, 11) is 0. The van der Waals surface area contributed by atoms with Crippen LogP contribution in [0.25, 0.3) is 0 Å². The summed E-state index contributed by atoms with van der Waals surface area (Å²) in [5.74, 6) is 0.807. The van der Waals surface area contributed by atoms with Gasteiger partial charge in [-0.05, 0) is 58.9 Å². The molecule has 19 heavy (non-hydrogen) atoms. The molecule has 0 bridgehead atoms. The third-order valence-corrected chi connectivity index (χ3v) is 4.53. The van der Waals surface area contributed by atoms with Crippen molar-refractivity contribution in [2.45, 2.75) is 20.4 Å². The Morgan fingerprint density at radius 1 is 1.42 bits per heavy atom. The zero-order chi connectivity index (χ0) is 13.8. The van der Waals surface area contributed by atoms with Crippen LogP contribution in [0.5, 0.6) is 5.75 Å². The van der Waals surface area contributed by atoms with Crippen LogP contribution in [-0.4, -0.2) is 6.61 Å². The molecule has 1 aromatic carbocycles. The van der Waals surface area contributed by atoms with Crippen molar-refractivity contribution in [3.8, 4) is 5.75 Å². The minimum atomic E-state index is 0.618. The van der Waals surface area contributed by atoms with E-state index in [-0.39, 0.29) is 0 Å². The summed E-state index contributed by atoms with van der Waals surface area (Å²) in [6.45, 7) is 5.47. The lowest BCUT2D eigenvalue weighted by Gasteiger charge is -2.14. The molecule has 0 amide bonds. The first-order valence-corrected chi connectivity index (χ1v) is 8.05. The highest BCUT2D eigenvalue weighted by Crippen LogP contribution is 2.37. The van der Waals surface area contributed by atoms with E-state index in [1.165, 1.54) is 10.4 Å². The molecule has 5 heteroatoms. The van der Waals surface area contributed by atoms with Crippen LogP contribution < -0.4 is 10.1 Å². The van der Waals surface area contributed by atoms with Gasteiger partial charge in [-0.3, -0.25) is 0 Å². The molecule has 0 radical (unpaired) electrons. The van der Waals surface area contributed by atoms with Gasteiger partial charge in [-0.1, -0.05) is 11.6 Å². The molecule has 0 aliphatic rings. The van der Waals surface area contributed by atoms with Gasteiger partial charge in [0, 0.05) is 16.4 Å². The molecule has 0 saturated carbocycles. The molecular weight excluding hydrogens is 346 g/mol. The SMILES string of the molecule is CCOc1c(Br)cc(Cl)cc1NCc1sccc1C. The van der Waals surface area contributed by atoms with Gasteiger partial charge in [0.1, 0.15) is 0 Å². The number of ether oxygens (including phenoxy) is 1. The topological polar surface area (TPSA) is 21.3 Å². The Labute approximate surface area is 130 Å². The minimum Gasteiger partial charge on any atom is -0.491 e. The third kappa shape index (κ3) is 3.65. The largest absolute Gasteiger partial charge is 0.491 e. The second kappa shape index (κ2) is 6.64. The van der Waals surface area contributed by atoms with Crippen molar-refractivity contribution in [2.75, 3.05) is 11.9 Å². The molecule has 0 saturated heterocycles. The van der Waals surface area contributed by atoms with Gasteiger partial charge in [0.2, 0.25) is 0 Å². The quantitative estimate of drug-likeness (QED) is 0.762. The van der Waals surface area contributed by atoms with Crippen molar-refractivity contribution < 1.29 is 4.74 Å². The lowest BCUT2D eigenvalue weighted by atomic mass is 10.2. The highest BCUT2D eigenvalue weighted by molar-refractivity contribution is 9.10. The highest BCUT2D eigenvalue weighted by atomic mass is 79.9. The Balaban J connectivity index is 2.21. The predicted molar refractivity (Wildman–Crippen MR) is 86.7 cm³/mol. The summed E-state index contributed by atoms with van der Waals surface area (Å²) in [5.41, 5.74) is 2.21. The van der Waals surface area contributed by atoms with Gasteiger partial charge in [-0.25, -0.2) is 0 Å². The fraction of sp³-hybridized carbons (Fsp3) is 0.286. The van der Waals surface area contributed by atoms with Crippen molar-refractivity contribution in [1.29, 1.82) is 0 Å². The fourth-order valence-electron chi connectivity index (χ4n) is 1.74. The van der Waals surface area contributed by atoms with Crippen LogP contribution in [0.15, 0.2) is 28.1 Å². The number of aryl methyl sites for hydroxylation is 1. The summed E-state index contributed by atoms with van der Waals surface area (Å²) in [6, 6.07) is 5.85. The normalized spacial score (nSPS) is 10.5. The van der Waals surface area contributed by atoms with E-state index in [0.717, 1.165) is 22.5 Å². The van der Waals surface area contributed by atoms with E-state index in [1.54, 1.807) is 11.3 Å². The molecule has 0 atom stereocenters. The number of thiophene rings is 1. The molecule has 2 nitrogen and oxygen atoms in total. The summed E-state index contributed by atoms with van der Waals surface area (Å²) in [4.78, 5) is 1.32. The highest BCUT2D eigenvalue weighted by Gasteiger charge is 2.10. The van der Waals surface area contributed by atoms with E-state index in [1.807, 2.05) is 19.1 Å². The van der Waals surface area contributed by atoms with Crippen LogP contribution in [0.1, 0.15) is 17.4 Å². The van der Waals surface area contributed by atoms with Crippen LogP contribution in [0.4, 0.5) is 5.69 Å². The van der Waals surface area contributed by atoms with Gasteiger partial charge in [0.05, 0.1) is 16.8 Å². The summed E-state index contributed by atoms with van der Waals surface area (Å²) in [6.07, 6.45) is 0. The van der Waals surface area contributed by atoms with Gasteiger partial charge < -0.3 is 10.1 Å². The molecule has 1 aromatic heterocycles. The number of halogens is 2. The standard InChI is InChI=1S/C14H15BrClNOS/c1-3-18-14-11(15)6-10(16)7-12(14)17-8-13-9(2)4-5-19-13/h4-7,17H,3,8H2,1-2H3. The molecule has 1 N–H and O–H groups in total. The van der Waals surface area contributed by atoms with Crippen molar-refractivity contribution in [3.05, 3.63) is 43.5 Å². The average molecular weight is 361 g/mol. The molecule has 0 fully saturated rings. The fourth-order valence-corrected chi connectivity index (χ4v) is 3.51. The number of rotatable bonds is 5. The van der Waals surface area contributed by atoms with Gasteiger partial charge in [-0.15, -0.1) is 11.3 Å². The maximum atomic E-state index is 6.09. The predicted octanol–water partition coefficient (Wildman–Crippen LogP) is 5.48. The first kappa shape index (κ1) is 14.7. The van der Waals surface area contributed by atoms with Crippen molar-refractivity contribution >= 4 is 44.6 Å². The van der Waals surface area contributed by atoms with Crippen LogP contribution in [0, 0.1) is 6.92 Å². The van der Waals surface area contributed by atoms with Crippen molar-refractivity contribution in [1.82, 2.24) is 0 Å². The smallest absolute Gasteiger partial charge is 0.156 e. The molecular formula is C14H15BrClNOS. The number of hydrogen-bond acceptors (Lipinski definition) is 3. The second-order valence-corrected chi connectivity index (χ2v) is 6.37. The zero-order valence-electron chi connectivity index (χ0n) is 10.8. The molecule has 1 heterocycles. The molecule has 102 valence electrons. The van der Waals surface area contributed by atoms with Crippen LogP contribution in [-0.2, 0) is 6.54 Å². The van der Waals surface area contributed by atoms with Crippen molar-refractivity contribution in [3.63, 3.8) is 0 Å². The molecule has 0 aliphatic heterocycles. The minimum absolute atomic E-state index is 0.618. The number of hydrogen-bond donors (Lipinski definition) is 1. The second-order valence-electron chi connectivity index (χ2n) is 4.08. The maximum Gasteiger partial charge on any atom is 0.156 e. The van der Waals surface area contributed by atoms with E-state index in [4.69, 9.17) is 16.3 Å². The van der Waals surface area contributed by atoms with E-state index in [0.29, 0.717) is 11.6 Å². The number of benzene rings is 1. The third-order valence-electron chi connectivity index (χ3n) is 2.70. The molecule has 0 aliphatic carbocycles. The van der Waals surface area contributed by atoms with E-state index in [9.17, 15) is 0 Å². The van der Waals surface area contributed by atoms with E-state index < -0.39 is 0 Å². The van der Waals surface area contributed by atoms with Gasteiger partial charge in [0.25, 0.3) is 0 Å². The Bertz CT molecular complexity index is 571. The summed E-state index contributed by atoms with van der Waals surface area (Å²) < 4.78 is 6.53. The lowest BCUT2D eigenvalue weighted by molar-refractivity contribution is 0.339. The van der Waals surface area contributed by atoms with Crippen LogP contribution >= 0.6 is 38.9 Å². The summed E-state index contributed by atoms with van der Waals surface area (Å²) >= 11 is 11.3. The lowest BCUT2D eigenvalue weighted by Crippen LogP contribution is -2.03. The average Bonchev–Trinajstić information content (AvgIpc) is 2.76. The molecule has 0 unspecified atom stereocenters. The van der Waals surface area contributed by atoms with Gasteiger partial charge in [-0.2, -0.15) is 0 Å². The van der Waals surface area contributed by atoms with Gasteiger partial charge >= 0.3 is 0 Å². The first-order valence-electron chi connectivity index (χ1n) is 6.00. The Kier molecular flexibility index (Phi) is 5.13. The van der Waals surface area contributed by atoms with Crippen LogP contribution in [0.2, 0.25) is 5.02 Å². The zero-order valence-corrected chi connectivity index (χ0v) is 14.0. The van der Waals surface area contributed by atoms with Gasteiger partial charge in [0.15, 0.2) is 5.75 Å². The van der Waals surface area contributed by atoms with Crippen molar-refractivity contribution in [2.24, 2.45) is 0 Å².